The van der Waals surface area contributed by atoms with Crippen molar-refractivity contribution in [3.05, 3.63) is 16.7 Å². The van der Waals surface area contributed by atoms with Gasteiger partial charge in [-0.05, 0) is 6.07 Å². The maximum Gasteiger partial charge on any atom is 0.231 e. The summed E-state index contributed by atoms with van der Waals surface area (Å²) in [4.78, 5) is 0. The molecule has 2 rings (SSSR count). The second kappa shape index (κ2) is 3.28. The molecule has 1 aliphatic rings. The maximum absolute atomic E-state index is 9.57. The number of benzene rings is 1. The fraction of sp³-hybridized carbons (Fsp3) is 0.222. The molecule has 72 valence electrons. The lowest BCUT2D eigenvalue weighted by atomic mass is 10.1. The van der Waals surface area contributed by atoms with Gasteiger partial charge >= 0.3 is 0 Å². The molecule has 1 aromatic rings. The summed E-state index contributed by atoms with van der Waals surface area (Å²) in [6.45, 7) is 0.0878. The van der Waals surface area contributed by atoms with Crippen molar-refractivity contribution >= 4 is 11.6 Å². The number of halogens is 1. The third-order valence-corrected chi connectivity index (χ3v) is 2.28. The van der Waals surface area contributed by atoms with E-state index in [1.807, 2.05) is 6.07 Å². The van der Waals surface area contributed by atoms with Crippen LogP contribution in [0.3, 0.4) is 0 Å². The summed E-state index contributed by atoms with van der Waals surface area (Å²) in [5.74, 6) is 0.696. The van der Waals surface area contributed by atoms with Gasteiger partial charge in [0.1, 0.15) is 10.8 Å². The largest absolute Gasteiger partial charge is 0.506 e. The van der Waals surface area contributed by atoms with Crippen molar-refractivity contribution in [1.82, 2.24) is 0 Å². The van der Waals surface area contributed by atoms with Gasteiger partial charge < -0.3 is 14.6 Å². The number of phenolic OH excluding ortho intramolecular Hbond substituents is 1. The van der Waals surface area contributed by atoms with Gasteiger partial charge in [0.25, 0.3) is 0 Å². The Morgan fingerprint density at radius 1 is 1.57 bits per heavy atom. The number of hydrogen-bond donors (Lipinski definition) is 1. The number of rotatable bonds is 1. The van der Waals surface area contributed by atoms with Gasteiger partial charge in [0.15, 0.2) is 11.5 Å². The lowest BCUT2D eigenvalue weighted by Gasteiger charge is -2.05. The Morgan fingerprint density at radius 3 is 3.07 bits per heavy atom. The van der Waals surface area contributed by atoms with Crippen LogP contribution in [0.2, 0.25) is 5.02 Å². The zero-order valence-corrected chi connectivity index (χ0v) is 7.84. The lowest BCUT2D eigenvalue weighted by molar-refractivity contribution is 0.174. The Morgan fingerprint density at radius 2 is 2.36 bits per heavy atom. The first kappa shape index (κ1) is 8.97. The quantitative estimate of drug-likeness (QED) is 0.770. The molecule has 0 aliphatic carbocycles. The van der Waals surface area contributed by atoms with Crippen molar-refractivity contribution in [2.45, 2.75) is 6.42 Å². The van der Waals surface area contributed by atoms with Crippen LogP contribution in [0, 0.1) is 11.3 Å². The third-order valence-electron chi connectivity index (χ3n) is 1.93. The minimum absolute atomic E-state index is 0.0855. The minimum atomic E-state index is -0.113. The van der Waals surface area contributed by atoms with Gasteiger partial charge in [-0.15, -0.1) is 0 Å². The van der Waals surface area contributed by atoms with Crippen molar-refractivity contribution in [3.63, 3.8) is 0 Å². The number of phenols is 1. The minimum Gasteiger partial charge on any atom is -0.506 e. The van der Waals surface area contributed by atoms with E-state index in [2.05, 4.69) is 0 Å². The number of aromatic hydroxyl groups is 1. The molecule has 1 aromatic carbocycles. The highest BCUT2D eigenvalue weighted by atomic mass is 35.5. The van der Waals surface area contributed by atoms with E-state index in [-0.39, 0.29) is 24.0 Å². The average molecular weight is 212 g/mol. The number of nitrogens with zero attached hydrogens (tertiary/aromatic N) is 1. The van der Waals surface area contributed by atoms with E-state index < -0.39 is 0 Å². The molecule has 0 radical (unpaired) electrons. The van der Waals surface area contributed by atoms with Crippen molar-refractivity contribution in [1.29, 1.82) is 5.26 Å². The van der Waals surface area contributed by atoms with E-state index in [0.717, 1.165) is 0 Å². The van der Waals surface area contributed by atoms with E-state index in [0.29, 0.717) is 17.1 Å². The Balaban J connectivity index is 2.56. The van der Waals surface area contributed by atoms with Crippen LogP contribution in [0.25, 0.3) is 0 Å². The summed E-state index contributed by atoms with van der Waals surface area (Å²) in [6, 6.07) is 3.49. The predicted octanol–water partition coefficient (Wildman–Crippen LogP) is 1.84. The Kier molecular flexibility index (Phi) is 2.10. The van der Waals surface area contributed by atoms with Gasteiger partial charge in [0.05, 0.1) is 12.5 Å². The summed E-state index contributed by atoms with van der Waals surface area (Å²) < 4.78 is 10.1. The highest BCUT2D eigenvalue weighted by Crippen LogP contribution is 2.45. The molecule has 0 fully saturated rings. The smallest absolute Gasteiger partial charge is 0.231 e. The first-order chi connectivity index (χ1) is 6.74. The van der Waals surface area contributed by atoms with Crippen molar-refractivity contribution in [2.75, 3.05) is 6.79 Å². The fourth-order valence-corrected chi connectivity index (χ4v) is 1.53. The molecular weight excluding hydrogens is 206 g/mol. The van der Waals surface area contributed by atoms with Gasteiger partial charge in [-0.2, -0.15) is 5.26 Å². The normalized spacial score (nSPS) is 12.6. The molecular formula is C9H6ClNO3. The molecule has 0 amide bonds. The summed E-state index contributed by atoms with van der Waals surface area (Å²) in [6.07, 6.45) is 0.0855. The van der Waals surface area contributed by atoms with Crippen LogP contribution in [-0.4, -0.2) is 11.9 Å². The van der Waals surface area contributed by atoms with Gasteiger partial charge in [-0.25, -0.2) is 0 Å². The number of nitriles is 1. The summed E-state index contributed by atoms with van der Waals surface area (Å²) in [7, 11) is 0. The molecule has 5 heteroatoms. The van der Waals surface area contributed by atoms with Crippen LogP contribution < -0.4 is 9.47 Å². The molecule has 0 atom stereocenters. The molecule has 14 heavy (non-hydrogen) atoms. The number of fused-ring (bicyclic) bond motifs is 1. The van der Waals surface area contributed by atoms with Crippen LogP contribution in [0.1, 0.15) is 5.56 Å². The van der Waals surface area contributed by atoms with E-state index in [1.54, 1.807) is 6.07 Å². The van der Waals surface area contributed by atoms with Crippen LogP contribution >= 0.6 is 11.6 Å². The second-order valence-corrected chi connectivity index (χ2v) is 3.14. The van der Waals surface area contributed by atoms with Crippen LogP contribution in [-0.2, 0) is 6.42 Å². The van der Waals surface area contributed by atoms with Crippen LogP contribution in [0.15, 0.2) is 6.07 Å². The summed E-state index contributed by atoms with van der Waals surface area (Å²) in [5, 5.41) is 18.2. The average Bonchev–Trinajstić information content (AvgIpc) is 2.62. The van der Waals surface area contributed by atoms with E-state index in [9.17, 15) is 5.11 Å². The first-order valence-electron chi connectivity index (χ1n) is 3.91. The predicted molar refractivity (Wildman–Crippen MR) is 48.6 cm³/mol. The standard InChI is InChI=1S/C9H6ClNO3/c10-7-8(12)5(1-2-11)3-6-9(7)14-4-13-6/h3,12H,1,4H2. The van der Waals surface area contributed by atoms with Gasteiger partial charge in [0.2, 0.25) is 6.79 Å². The molecule has 0 aromatic heterocycles. The fourth-order valence-electron chi connectivity index (χ4n) is 1.26. The van der Waals surface area contributed by atoms with Crippen molar-refractivity contribution in [3.8, 4) is 23.3 Å². The molecule has 0 saturated carbocycles. The van der Waals surface area contributed by atoms with Crippen molar-refractivity contribution in [2.24, 2.45) is 0 Å². The van der Waals surface area contributed by atoms with Crippen LogP contribution in [0.4, 0.5) is 0 Å². The van der Waals surface area contributed by atoms with Gasteiger partial charge in [-0.1, -0.05) is 11.6 Å². The number of ether oxygens (including phenoxy) is 2. The zero-order valence-electron chi connectivity index (χ0n) is 7.08. The molecule has 0 unspecified atom stereocenters. The van der Waals surface area contributed by atoms with E-state index in [1.165, 1.54) is 0 Å². The highest BCUT2D eigenvalue weighted by molar-refractivity contribution is 6.34. The van der Waals surface area contributed by atoms with Gasteiger partial charge in [0, 0.05) is 5.56 Å². The Labute approximate surface area is 85.2 Å². The molecule has 0 bridgehead atoms. The molecule has 0 spiro atoms. The van der Waals surface area contributed by atoms with E-state index in [4.69, 9.17) is 26.3 Å². The van der Waals surface area contributed by atoms with Crippen molar-refractivity contribution < 1.29 is 14.6 Å². The van der Waals surface area contributed by atoms with E-state index >= 15 is 0 Å². The van der Waals surface area contributed by atoms with Gasteiger partial charge in [-0.3, -0.25) is 0 Å². The summed E-state index contributed by atoms with van der Waals surface area (Å²) in [5.41, 5.74) is 0.446. The summed E-state index contributed by atoms with van der Waals surface area (Å²) >= 11 is 5.82. The Bertz CT molecular complexity index is 425. The van der Waals surface area contributed by atoms with Crippen LogP contribution in [0.5, 0.6) is 17.2 Å². The topological polar surface area (TPSA) is 62.5 Å². The number of hydrogen-bond acceptors (Lipinski definition) is 4. The Hall–Kier alpha value is -1.60. The zero-order chi connectivity index (χ0) is 10.1. The maximum atomic E-state index is 9.57. The molecule has 1 aliphatic heterocycles. The molecule has 4 nitrogen and oxygen atoms in total. The highest BCUT2D eigenvalue weighted by Gasteiger charge is 2.22. The third kappa shape index (κ3) is 1.22. The second-order valence-electron chi connectivity index (χ2n) is 2.77. The monoisotopic (exact) mass is 211 g/mol. The SMILES string of the molecule is N#CCc1cc2c(c(Cl)c1O)OCO2. The molecule has 1 N–H and O–H groups in total. The lowest BCUT2D eigenvalue weighted by Crippen LogP contribution is -1.93. The molecule has 1 heterocycles. The molecule has 0 saturated heterocycles. The first-order valence-corrected chi connectivity index (χ1v) is 4.28.